The monoisotopic (exact) mass is 392 g/mol. The molecule has 3 heterocycles. The standard InChI is InChI=1S/C23H28N4O2/c28-22(26-21-13-4-5-14-24-21)20-12-6-11-19(25-20)18-10-7-15-27(16-18)23(29)17-8-2-1-3-9-17/h4-6,11-14,17-18H,1-3,7-10,15-16H2,(H,24,26,28)/t18-/m1/s1. The summed E-state index contributed by atoms with van der Waals surface area (Å²) >= 11 is 0. The minimum absolute atomic E-state index is 0.180. The summed E-state index contributed by atoms with van der Waals surface area (Å²) in [4.78, 5) is 36.3. The van der Waals surface area contributed by atoms with Gasteiger partial charge in [0.1, 0.15) is 11.5 Å². The lowest BCUT2D eigenvalue weighted by molar-refractivity contribution is -0.137. The van der Waals surface area contributed by atoms with Crippen molar-refractivity contribution in [3.63, 3.8) is 0 Å². The number of likely N-dealkylation sites (tertiary alicyclic amines) is 1. The number of carbonyl (C=O) groups is 2. The summed E-state index contributed by atoms with van der Waals surface area (Å²) in [5, 5.41) is 2.78. The summed E-state index contributed by atoms with van der Waals surface area (Å²) in [5.41, 5.74) is 1.27. The Morgan fingerprint density at radius 3 is 2.62 bits per heavy atom. The largest absolute Gasteiger partial charge is 0.342 e. The topological polar surface area (TPSA) is 75.2 Å². The van der Waals surface area contributed by atoms with Crippen LogP contribution >= 0.6 is 0 Å². The molecular formula is C23H28N4O2. The van der Waals surface area contributed by atoms with Gasteiger partial charge in [0.15, 0.2) is 0 Å². The van der Waals surface area contributed by atoms with Crippen molar-refractivity contribution in [2.75, 3.05) is 18.4 Å². The molecule has 0 bridgehead atoms. The van der Waals surface area contributed by atoms with E-state index in [2.05, 4.69) is 15.3 Å². The van der Waals surface area contributed by atoms with Crippen molar-refractivity contribution in [3.8, 4) is 0 Å². The second kappa shape index (κ2) is 9.16. The molecule has 0 unspecified atom stereocenters. The number of anilines is 1. The average molecular weight is 393 g/mol. The van der Waals surface area contributed by atoms with Gasteiger partial charge in [-0.2, -0.15) is 0 Å². The first-order valence-electron chi connectivity index (χ1n) is 10.7. The highest BCUT2D eigenvalue weighted by molar-refractivity contribution is 6.02. The Bertz CT molecular complexity index is 849. The summed E-state index contributed by atoms with van der Waals surface area (Å²) in [6.45, 7) is 1.54. The molecule has 6 heteroatoms. The predicted octanol–water partition coefficient (Wildman–Crippen LogP) is 4.02. The Morgan fingerprint density at radius 2 is 1.83 bits per heavy atom. The molecule has 0 spiro atoms. The molecule has 1 N–H and O–H groups in total. The van der Waals surface area contributed by atoms with Crippen molar-refractivity contribution in [3.05, 3.63) is 54.0 Å². The van der Waals surface area contributed by atoms with Gasteiger partial charge in [0.25, 0.3) is 5.91 Å². The number of nitrogens with one attached hydrogen (secondary N) is 1. The second-order valence-corrected chi connectivity index (χ2v) is 8.08. The third kappa shape index (κ3) is 4.81. The maximum absolute atomic E-state index is 12.9. The quantitative estimate of drug-likeness (QED) is 0.853. The molecule has 2 amide bonds. The Balaban J connectivity index is 1.43. The number of piperidine rings is 1. The van der Waals surface area contributed by atoms with Gasteiger partial charge in [0.2, 0.25) is 5.91 Å². The van der Waals surface area contributed by atoms with Crippen molar-refractivity contribution in [2.45, 2.75) is 50.9 Å². The first-order valence-corrected chi connectivity index (χ1v) is 10.7. The number of hydrogen-bond donors (Lipinski definition) is 1. The highest BCUT2D eigenvalue weighted by Crippen LogP contribution is 2.30. The smallest absolute Gasteiger partial charge is 0.275 e. The zero-order valence-corrected chi connectivity index (χ0v) is 16.7. The number of pyridine rings is 2. The lowest BCUT2D eigenvalue weighted by atomic mass is 9.86. The van der Waals surface area contributed by atoms with Gasteiger partial charge in [-0.3, -0.25) is 9.59 Å². The predicted molar refractivity (Wildman–Crippen MR) is 112 cm³/mol. The first-order chi connectivity index (χ1) is 14.2. The van der Waals surface area contributed by atoms with E-state index in [0.29, 0.717) is 24.0 Å². The Morgan fingerprint density at radius 1 is 0.966 bits per heavy atom. The van der Waals surface area contributed by atoms with Gasteiger partial charge < -0.3 is 10.2 Å². The summed E-state index contributed by atoms with van der Waals surface area (Å²) in [5.74, 6) is 0.936. The summed E-state index contributed by atoms with van der Waals surface area (Å²) < 4.78 is 0. The fourth-order valence-electron chi connectivity index (χ4n) is 4.45. The van der Waals surface area contributed by atoms with Crippen LogP contribution in [0, 0.1) is 5.92 Å². The molecule has 4 rings (SSSR count). The molecule has 2 fully saturated rings. The van der Waals surface area contributed by atoms with Gasteiger partial charge >= 0.3 is 0 Å². The number of aromatic nitrogens is 2. The number of rotatable bonds is 4. The summed E-state index contributed by atoms with van der Waals surface area (Å²) in [7, 11) is 0. The van der Waals surface area contributed by atoms with Crippen LogP contribution in [0.5, 0.6) is 0 Å². The molecule has 2 aliphatic rings. The lowest BCUT2D eigenvalue weighted by Crippen LogP contribution is -2.43. The fourth-order valence-corrected chi connectivity index (χ4v) is 4.45. The number of nitrogens with zero attached hydrogens (tertiary/aromatic N) is 3. The highest BCUT2D eigenvalue weighted by Gasteiger charge is 2.30. The van der Waals surface area contributed by atoms with Crippen LogP contribution in [0.15, 0.2) is 42.6 Å². The van der Waals surface area contributed by atoms with E-state index < -0.39 is 0 Å². The number of hydrogen-bond acceptors (Lipinski definition) is 4. The Labute approximate surface area is 171 Å². The third-order valence-electron chi connectivity index (χ3n) is 6.02. The van der Waals surface area contributed by atoms with E-state index in [9.17, 15) is 9.59 Å². The van der Waals surface area contributed by atoms with Crippen LogP contribution in [0.1, 0.15) is 67.0 Å². The van der Waals surface area contributed by atoms with Gasteiger partial charge in [-0.05, 0) is 49.9 Å². The van der Waals surface area contributed by atoms with E-state index in [1.54, 1.807) is 24.4 Å². The zero-order valence-electron chi connectivity index (χ0n) is 16.7. The first kappa shape index (κ1) is 19.6. The molecule has 2 aromatic heterocycles. The van der Waals surface area contributed by atoms with Crippen molar-refractivity contribution < 1.29 is 9.59 Å². The lowest BCUT2D eigenvalue weighted by Gasteiger charge is -2.35. The van der Waals surface area contributed by atoms with Gasteiger partial charge in [0.05, 0.1) is 0 Å². The maximum atomic E-state index is 12.9. The van der Waals surface area contributed by atoms with E-state index in [-0.39, 0.29) is 17.7 Å². The van der Waals surface area contributed by atoms with Crippen LogP contribution in [0.4, 0.5) is 5.82 Å². The van der Waals surface area contributed by atoms with Crippen LogP contribution in [0.2, 0.25) is 0 Å². The Kier molecular flexibility index (Phi) is 6.17. The van der Waals surface area contributed by atoms with E-state index in [0.717, 1.165) is 37.9 Å². The van der Waals surface area contributed by atoms with Crippen LogP contribution in [0.25, 0.3) is 0 Å². The molecule has 0 radical (unpaired) electrons. The van der Waals surface area contributed by atoms with Crippen molar-refractivity contribution >= 4 is 17.6 Å². The minimum Gasteiger partial charge on any atom is -0.342 e. The van der Waals surface area contributed by atoms with E-state index in [1.807, 2.05) is 23.1 Å². The molecule has 1 aliphatic carbocycles. The normalized spacial score (nSPS) is 20.3. The van der Waals surface area contributed by atoms with Crippen LogP contribution in [-0.4, -0.2) is 39.8 Å². The zero-order chi connectivity index (χ0) is 20.1. The summed E-state index contributed by atoms with van der Waals surface area (Å²) in [6, 6.07) is 10.9. The van der Waals surface area contributed by atoms with E-state index in [1.165, 1.54) is 19.3 Å². The van der Waals surface area contributed by atoms with Crippen LogP contribution < -0.4 is 5.32 Å². The van der Waals surface area contributed by atoms with Crippen molar-refractivity contribution in [1.82, 2.24) is 14.9 Å². The second-order valence-electron chi connectivity index (χ2n) is 8.08. The van der Waals surface area contributed by atoms with Gasteiger partial charge in [0, 0.05) is 36.8 Å². The SMILES string of the molecule is O=C(Nc1ccccn1)c1cccc([C@@H]2CCCN(C(=O)C3CCCCC3)C2)n1. The fraction of sp³-hybridized carbons (Fsp3) is 0.478. The van der Waals surface area contributed by atoms with Crippen LogP contribution in [-0.2, 0) is 4.79 Å². The number of carbonyl (C=O) groups excluding carboxylic acids is 2. The minimum atomic E-state index is -0.267. The summed E-state index contributed by atoms with van der Waals surface area (Å²) in [6.07, 6.45) is 9.26. The molecule has 6 nitrogen and oxygen atoms in total. The highest BCUT2D eigenvalue weighted by atomic mass is 16.2. The van der Waals surface area contributed by atoms with E-state index in [4.69, 9.17) is 0 Å². The van der Waals surface area contributed by atoms with Gasteiger partial charge in [-0.1, -0.05) is 31.4 Å². The van der Waals surface area contributed by atoms with Crippen molar-refractivity contribution in [1.29, 1.82) is 0 Å². The number of amides is 2. The molecule has 2 aromatic rings. The maximum Gasteiger partial charge on any atom is 0.275 e. The molecule has 1 aliphatic heterocycles. The molecule has 1 atom stereocenters. The Hall–Kier alpha value is -2.76. The molecule has 1 saturated carbocycles. The van der Waals surface area contributed by atoms with E-state index >= 15 is 0 Å². The molecule has 29 heavy (non-hydrogen) atoms. The third-order valence-corrected chi connectivity index (χ3v) is 6.02. The molecule has 1 saturated heterocycles. The average Bonchev–Trinajstić information content (AvgIpc) is 2.80. The van der Waals surface area contributed by atoms with Gasteiger partial charge in [-0.25, -0.2) is 9.97 Å². The van der Waals surface area contributed by atoms with Crippen LogP contribution in [0.3, 0.4) is 0 Å². The molecular weight excluding hydrogens is 364 g/mol. The molecule has 0 aromatic carbocycles. The van der Waals surface area contributed by atoms with Gasteiger partial charge in [-0.15, -0.1) is 0 Å². The van der Waals surface area contributed by atoms with Crippen molar-refractivity contribution in [2.24, 2.45) is 5.92 Å². The molecule has 152 valence electrons.